The zero-order chi connectivity index (χ0) is 15.9. The zero-order valence-corrected chi connectivity index (χ0v) is 13.5. The maximum atomic E-state index is 5.98. The van der Waals surface area contributed by atoms with E-state index >= 15 is 0 Å². The van der Waals surface area contributed by atoms with Crippen molar-refractivity contribution in [3.05, 3.63) is 66.5 Å². The Labute approximate surface area is 132 Å². The van der Waals surface area contributed by atoms with Crippen LogP contribution < -0.4 is 0 Å². The second kappa shape index (κ2) is 5.20. The van der Waals surface area contributed by atoms with Crippen molar-refractivity contribution in [2.75, 3.05) is 0 Å². The van der Waals surface area contributed by atoms with E-state index < -0.39 is 0 Å². The highest BCUT2D eigenvalue weighted by Crippen LogP contribution is 2.30. The summed E-state index contributed by atoms with van der Waals surface area (Å²) in [5.74, 6) is 0. The van der Waals surface area contributed by atoms with E-state index in [2.05, 4.69) is 68.0 Å². The number of benzene rings is 2. The fourth-order valence-electron chi connectivity index (χ4n) is 2.64. The smallest absolute Gasteiger partial charge is 0.116 e. The summed E-state index contributed by atoms with van der Waals surface area (Å²) in [6.07, 6.45) is 1.50. The SMILES string of the molecule is [CH]c1ncnc2ccc(-c3cc(C)cc(C(C)(C)C)c3)cc12. The Morgan fingerprint density at radius 3 is 2.41 bits per heavy atom. The van der Waals surface area contributed by atoms with Crippen molar-refractivity contribution in [1.29, 1.82) is 0 Å². The molecule has 2 radical (unpaired) electrons. The molecule has 2 nitrogen and oxygen atoms in total. The molecular formula is C20H20N2. The third kappa shape index (κ3) is 2.74. The topological polar surface area (TPSA) is 25.8 Å². The molecule has 3 rings (SSSR count). The first-order valence-electron chi connectivity index (χ1n) is 7.47. The fraction of sp³-hybridized carbons (Fsp3) is 0.250. The van der Waals surface area contributed by atoms with Crippen molar-refractivity contribution >= 4 is 10.9 Å². The lowest BCUT2D eigenvalue weighted by molar-refractivity contribution is 0.590. The Morgan fingerprint density at radius 2 is 1.68 bits per heavy atom. The van der Waals surface area contributed by atoms with Crippen LogP contribution in [0.15, 0.2) is 42.7 Å². The Balaban J connectivity index is 2.19. The van der Waals surface area contributed by atoms with Crippen LogP contribution in [0.1, 0.15) is 37.6 Å². The zero-order valence-electron chi connectivity index (χ0n) is 13.5. The molecule has 0 aliphatic heterocycles. The minimum absolute atomic E-state index is 0.125. The molecule has 0 saturated heterocycles. The largest absolute Gasteiger partial charge is 0.240 e. The lowest BCUT2D eigenvalue weighted by atomic mass is 9.84. The lowest BCUT2D eigenvalue weighted by Crippen LogP contribution is -2.11. The van der Waals surface area contributed by atoms with E-state index in [0.717, 1.165) is 16.5 Å². The average Bonchev–Trinajstić information content (AvgIpc) is 2.46. The van der Waals surface area contributed by atoms with E-state index in [1.807, 2.05) is 6.07 Å². The third-order valence-corrected chi connectivity index (χ3v) is 3.94. The molecule has 0 amide bonds. The van der Waals surface area contributed by atoms with Gasteiger partial charge in [-0.1, -0.05) is 50.6 Å². The van der Waals surface area contributed by atoms with Gasteiger partial charge in [-0.2, -0.15) is 0 Å². The molecule has 110 valence electrons. The highest BCUT2D eigenvalue weighted by atomic mass is 14.8. The van der Waals surface area contributed by atoms with Crippen molar-refractivity contribution in [1.82, 2.24) is 9.97 Å². The summed E-state index contributed by atoms with van der Waals surface area (Å²) in [5.41, 5.74) is 6.47. The van der Waals surface area contributed by atoms with Crippen LogP contribution in [-0.4, -0.2) is 9.97 Å². The number of fused-ring (bicyclic) bond motifs is 1. The van der Waals surface area contributed by atoms with E-state index in [1.165, 1.54) is 23.0 Å². The van der Waals surface area contributed by atoms with Gasteiger partial charge in [-0.3, -0.25) is 0 Å². The van der Waals surface area contributed by atoms with E-state index in [-0.39, 0.29) is 5.41 Å². The highest BCUT2D eigenvalue weighted by molar-refractivity contribution is 5.86. The van der Waals surface area contributed by atoms with E-state index in [9.17, 15) is 0 Å². The van der Waals surface area contributed by atoms with Crippen LogP contribution in [0, 0.1) is 13.8 Å². The quantitative estimate of drug-likeness (QED) is 0.632. The molecule has 22 heavy (non-hydrogen) atoms. The van der Waals surface area contributed by atoms with Crippen molar-refractivity contribution in [3.8, 4) is 11.1 Å². The molecule has 3 aromatic rings. The molecule has 0 N–H and O–H groups in total. The van der Waals surface area contributed by atoms with Crippen LogP contribution in [0.25, 0.3) is 22.0 Å². The van der Waals surface area contributed by atoms with Crippen LogP contribution in [0.3, 0.4) is 0 Å². The van der Waals surface area contributed by atoms with Crippen LogP contribution in [0.5, 0.6) is 0 Å². The van der Waals surface area contributed by atoms with Gasteiger partial charge in [0.15, 0.2) is 0 Å². The van der Waals surface area contributed by atoms with Gasteiger partial charge < -0.3 is 0 Å². The molecule has 0 fully saturated rings. The van der Waals surface area contributed by atoms with E-state index in [4.69, 9.17) is 6.92 Å². The molecule has 0 unspecified atom stereocenters. The minimum atomic E-state index is 0.125. The maximum Gasteiger partial charge on any atom is 0.116 e. The second-order valence-electron chi connectivity index (χ2n) is 6.83. The maximum absolute atomic E-state index is 5.98. The molecule has 2 heteroatoms. The van der Waals surface area contributed by atoms with Gasteiger partial charge in [-0.05, 0) is 41.2 Å². The van der Waals surface area contributed by atoms with Crippen molar-refractivity contribution in [2.45, 2.75) is 33.1 Å². The summed E-state index contributed by atoms with van der Waals surface area (Å²) in [6, 6.07) is 12.9. The predicted octanol–water partition coefficient (Wildman–Crippen LogP) is 4.96. The molecule has 0 aliphatic carbocycles. The Morgan fingerprint density at radius 1 is 0.909 bits per heavy atom. The summed E-state index contributed by atoms with van der Waals surface area (Å²) in [4.78, 5) is 8.34. The average molecular weight is 288 g/mol. The standard InChI is InChI=1S/C20H20N2/c1-13-8-16(10-17(9-13)20(3,4)5)15-6-7-19-18(11-15)14(2)21-12-22-19/h2,6-12H,1,3-5H3. The van der Waals surface area contributed by atoms with E-state index in [0.29, 0.717) is 5.69 Å². The first kappa shape index (κ1) is 14.7. The van der Waals surface area contributed by atoms with E-state index in [1.54, 1.807) is 0 Å². The summed E-state index contributed by atoms with van der Waals surface area (Å²) in [6.45, 7) is 14.8. The monoisotopic (exact) mass is 288 g/mol. The predicted molar refractivity (Wildman–Crippen MR) is 91.8 cm³/mol. The summed E-state index contributed by atoms with van der Waals surface area (Å²) in [7, 11) is 0. The molecular weight excluding hydrogens is 268 g/mol. The van der Waals surface area contributed by atoms with Gasteiger partial charge in [0.1, 0.15) is 6.33 Å². The summed E-state index contributed by atoms with van der Waals surface area (Å²) >= 11 is 0. The molecule has 1 aromatic heterocycles. The molecule has 0 spiro atoms. The van der Waals surface area contributed by atoms with Crippen molar-refractivity contribution < 1.29 is 0 Å². The van der Waals surface area contributed by atoms with Gasteiger partial charge in [0.2, 0.25) is 0 Å². The van der Waals surface area contributed by atoms with Gasteiger partial charge in [-0.15, -0.1) is 0 Å². The molecule has 0 aliphatic rings. The molecule has 0 atom stereocenters. The van der Waals surface area contributed by atoms with Crippen molar-refractivity contribution in [2.24, 2.45) is 0 Å². The third-order valence-electron chi connectivity index (χ3n) is 3.94. The number of aromatic nitrogens is 2. The Hall–Kier alpha value is -2.22. The van der Waals surface area contributed by atoms with Crippen LogP contribution >= 0.6 is 0 Å². The summed E-state index contributed by atoms with van der Waals surface area (Å²) in [5, 5.41) is 0.902. The Bertz CT molecular complexity index is 842. The molecule has 1 heterocycles. The fourth-order valence-corrected chi connectivity index (χ4v) is 2.64. The van der Waals surface area contributed by atoms with Crippen LogP contribution in [-0.2, 0) is 5.41 Å². The molecule has 0 bridgehead atoms. The first-order chi connectivity index (χ1) is 10.3. The van der Waals surface area contributed by atoms with Crippen LogP contribution in [0.4, 0.5) is 0 Å². The van der Waals surface area contributed by atoms with Crippen molar-refractivity contribution in [3.63, 3.8) is 0 Å². The number of hydrogen-bond acceptors (Lipinski definition) is 2. The second-order valence-corrected chi connectivity index (χ2v) is 6.83. The molecule has 2 aromatic carbocycles. The number of nitrogens with zero attached hydrogens (tertiary/aromatic N) is 2. The van der Waals surface area contributed by atoms with Gasteiger partial charge in [-0.25, -0.2) is 9.97 Å². The van der Waals surface area contributed by atoms with Crippen LogP contribution in [0.2, 0.25) is 0 Å². The molecule has 0 saturated carbocycles. The first-order valence-corrected chi connectivity index (χ1v) is 7.47. The minimum Gasteiger partial charge on any atom is -0.240 e. The number of hydrogen-bond donors (Lipinski definition) is 0. The summed E-state index contributed by atoms with van der Waals surface area (Å²) < 4.78 is 0. The van der Waals surface area contributed by atoms with Gasteiger partial charge in [0.05, 0.1) is 11.2 Å². The van der Waals surface area contributed by atoms with Gasteiger partial charge >= 0.3 is 0 Å². The Kier molecular flexibility index (Phi) is 3.48. The highest BCUT2D eigenvalue weighted by Gasteiger charge is 2.15. The number of aryl methyl sites for hydroxylation is 1. The normalized spacial score (nSPS) is 11.9. The van der Waals surface area contributed by atoms with Gasteiger partial charge in [0, 0.05) is 12.3 Å². The lowest BCUT2D eigenvalue weighted by Gasteiger charge is -2.21. The van der Waals surface area contributed by atoms with Gasteiger partial charge in [0.25, 0.3) is 0 Å². The number of rotatable bonds is 1.